The third-order valence-electron chi connectivity index (χ3n) is 3.93. The van der Waals surface area contributed by atoms with Crippen LogP contribution in [0.25, 0.3) is 0 Å². The van der Waals surface area contributed by atoms with Crippen molar-refractivity contribution in [2.75, 3.05) is 7.05 Å². The Bertz CT molecular complexity index is 329. The van der Waals surface area contributed by atoms with Crippen molar-refractivity contribution in [3.63, 3.8) is 0 Å². The number of thiazole rings is 1. The summed E-state index contributed by atoms with van der Waals surface area (Å²) in [6, 6.07) is 0.608. The lowest BCUT2D eigenvalue weighted by Crippen LogP contribution is -2.28. The zero-order valence-electron chi connectivity index (χ0n) is 11.0. The highest BCUT2D eigenvalue weighted by Gasteiger charge is 2.17. The molecule has 1 heterocycles. The van der Waals surface area contributed by atoms with E-state index in [1.54, 1.807) is 11.3 Å². The van der Waals surface area contributed by atoms with Crippen molar-refractivity contribution in [1.29, 1.82) is 0 Å². The van der Waals surface area contributed by atoms with Gasteiger partial charge in [-0.1, -0.05) is 25.7 Å². The maximum Gasteiger partial charge on any atom is 0.0897 e. The summed E-state index contributed by atoms with van der Waals surface area (Å²) in [4.78, 5) is 4.56. The van der Waals surface area contributed by atoms with Gasteiger partial charge in [0.15, 0.2) is 0 Å². The van der Waals surface area contributed by atoms with Crippen LogP contribution in [-0.2, 0) is 6.42 Å². The van der Waals surface area contributed by atoms with E-state index < -0.39 is 0 Å². The zero-order valence-corrected chi connectivity index (χ0v) is 11.9. The molecule has 1 aliphatic rings. The first-order chi connectivity index (χ1) is 8.28. The Balaban J connectivity index is 1.75. The quantitative estimate of drug-likeness (QED) is 0.837. The second-order valence-electron chi connectivity index (χ2n) is 5.28. The van der Waals surface area contributed by atoms with Gasteiger partial charge in [0.05, 0.1) is 10.7 Å². The van der Waals surface area contributed by atoms with Crippen molar-refractivity contribution in [3.8, 4) is 0 Å². The van der Waals surface area contributed by atoms with Gasteiger partial charge < -0.3 is 5.32 Å². The van der Waals surface area contributed by atoms with Gasteiger partial charge in [-0.2, -0.15) is 0 Å². The lowest BCUT2D eigenvalue weighted by atomic mass is 9.97. The molecule has 17 heavy (non-hydrogen) atoms. The SMILES string of the molecule is CNC(CCC1CCCC1)Cc1csc(C)n1. The van der Waals surface area contributed by atoms with Crippen molar-refractivity contribution in [2.45, 2.75) is 57.9 Å². The molecule has 0 bridgehead atoms. The molecule has 1 unspecified atom stereocenters. The summed E-state index contributed by atoms with van der Waals surface area (Å²) in [6.45, 7) is 2.08. The van der Waals surface area contributed by atoms with Gasteiger partial charge in [0, 0.05) is 17.8 Å². The summed E-state index contributed by atoms with van der Waals surface area (Å²) in [7, 11) is 2.08. The van der Waals surface area contributed by atoms with E-state index in [0.29, 0.717) is 6.04 Å². The molecule has 0 amide bonds. The first-order valence-corrected chi connectivity index (χ1v) is 7.74. The molecule has 96 valence electrons. The average Bonchev–Trinajstić information content (AvgIpc) is 2.96. The van der Waals surface area contributed by atoms with E-state index in [-0.39, 0.29) is 0 Å². The van der Waals surface area contributed by atoms with Gasteiger partial charge >= 0.3 is 0 Å². The fraction of sp³-hybridized carbons (Fsp3) is 0.786. The van der Waals surface area contributed by atoms with E-state index in [0.717, 1.165) is 12.3 Å². The molecule has 1 atom stereocenters. The Morgan fingerprint density at radius 3 is 2.82 bits per heavy atom. The van der Waals surface area contributed by atoms with Crippen LogP contribution in [0.5, 0.6) is 0 Å². The van der Waals surface area contributed by atoms with E-state index >= 15 is 0 Å². The predicted molar refractivity (Wildman–Crippen MR) is 74.6 cm³/mol. The molecular formula is C14H24N2S. The number of nitrogens with zero attached hydrogens (tertiary/aromatic N) is 1. The Morgan fingerprint density at radius 1 is 1.47 bits per heavy atom. The van der Waals surface area contributed by atoms with E-state index in [9.17, 15) is 0 Å². The monoisotopic (exact) mass is 252 g/mol. The normalized spacial score (nSPS) is 18.7. The van der Waals surface area contributed by atoms with Crippen LogP contribution in [0.3, 0.4) is 0 Å². The van der Waals surface area contributed by atoms with Crippen molar-refractivity contribution < 1.29 is 0 Å². The molecule has 0 saturated heterocycles. The minimum atomic E-state index is 0.608. The fourth-order valence-corrected chi connectivity index (χ4v) is 3.46. The number of hydrogen-bond donors (Lipinski definition) is 1. The largest absolute Gasteiger partial charge is 0.317 e. The topological polar surface area (TPSA) is 24.9 Å². The first-order valence-electron chi connectivity index (χ1n) is 6.86. The van der Waals surface area contributed by atoms with Crippen LogP contribution in [0.15, 0.2) is 5.38 Å². The summed E-state index contributed by atoms with van der Waals surface area (Å²) in [5.41, 5.74) is 1.26. The Morgan fingerprint density at radius 2 is 2.24 bits per heavy atom. The van der Waals surface area contributed by atoms with E-state index in [4.69, 9.17) is 0 Å². The van der Waals surface area contributed by atoms with Gasteiger partial charge in [-0.15, -0.1) is 11.3 Å². The van der Waals surface area contributed by atoms with Crippen molar-refractivity contribution in [1.82, 2.24) is 10.3 Å². The highest BCUT2D eigenvalue weighted by molar-refractivity contribution is 7.09. The number of rotatable bonds is 6. The van der Waals surface area contributed by atoms with Gasteiger partial charge in [0.2, 0.25) is 0 Å². The average molecular weight is 252 g/mol. The first kappa shape index (κ1) is 13.0. The Kier molecular flexibility index (Phi) is 4.99. The fourth-order valence-electron chi connectivity index (χ4n) is 2.84. The van der Waals surface area contributed by atoms with E-state index in [2.05, 4.69) is 29.7 Å². The molecule has 3 heteroatoms. The van der Waals surface area contributed by atoms with Gasteiger partial charge in [-0.3, -0.25) is 0 Å². The molecule has 1 fully saturated rings. The molecule has 1 aromatic rings. The third kappa shape index (κ3) is 4.07. The molecular weight excluding hydrogens is 228 g/mol. The summed E-state index contributed by atoms with van der Waals surface area (Å²) in [5, 5.41) is 6.84. The van der Waals surface area contributed by atoms with Gasteiger partial charge in [-0.05, 0) is 32.7 Å². The number of aryl methyl sites for hydroxylation is 1. The molecule has 2 rings (SSSR count). The zero-order chi connectivity index (χ0) is 12.1. The number of likely N-dealkylation sites (N-methyl/N-ethyl adjacent to an activating group) is 1. The summed E-state index contributed by atoms with van der Waals surface area (Å²) >= 11 is 1.76. The van der Waals surface area contributed by atoms with E-state index in [1.165, 1.54) is 49.2 Å². The molecule has 0 aromatic carbocycles. The molecule has 2 nitrogen and oxygen atoms in total. The van der Waals surface area contributed by atoms with Crippen LogP contribution in [0.2, 0.25) is 0 Å². The maximum absolute atomic E-state index is 4.56. The van der Waals surface area contributed by atoms with Crippen LogP contribution in [0, 0.1) is 12.8 Å². The second kappa shape index (κ2) is 6.50. The molecule has 0 spiro atoms. The minimum absolute atomic E-state index is 0.608. The second-order valence-corrected chi connectivity index (χ2v) is 6.34. The summed E-state index contributed by atoms with van der Waals surface area (Å²) in [5.74, 6) is 1.00. The lowest BCUT2D eigenvalue weighted by molar-refractivity contribution is 0.417. The van der Waals surface area contributed by atoms with Crippen LogP contribution in [0.4, 0.5) is 0 Å². The maximum atomic E-state index is 4.56. The number of hydrogen-bond acceptors (Lipinski definition) is 3. The van der Waals surface area contributed by atoms with Gasteiger partial charge in [-0.25, -0.2) is 4.98 Å². The highest BCUT2D eigenvalue weighted by Crippen LogP contribution is 2.29. The van der Waals surface area contributed by atoms with Crippen LogP contribution >= 0.6 is 11.3 Å². The minimum Gasteiger partial charge on any atom is -0.317 e. The van der Waals surface area contributed by atoms with Crippen molar-refractivity contribution in [3.05, 3.63) is 16.1 Å². The predicted octanol–water partition coefficient (Wildman–Crippen LogP) is 3.55. The Hall–Kier alpha value is -0.410. The molecule has 1 saturated carbocycles. The highest BCUT2D eigenvalue weighted by atomic mass is 32.1. The number of nitrogens with one attached hydrogen (secondary N) is 1. The standard InChI is InChI=1S/C14H24N2S/c1-11-16-14(10-17-11)9-13(15-2)8-7-12-5-3-4-6-12/h10,12-13,15H,3-9H2,1-2H3. The summed E-state index contributed by atoms with van der Waals surface area (Å²) < 4.78 is 0. The Labute approximate surface area is 109 Å². The lowest BCUT2D eigenvalue weighted by Gasteiger charge is -2.17. The molecule has 0 radical (unpaired) electrons. The van der Waals surface area contributed by atoms with Gasteiger partial charge in [0.25, 0.3) is 0 Å². The molecule has 1 N–H and O–H groups in total. The molecule has 1 aromatic heterocycles. The van der Waals surface area contributed by atoms with Crippen LogP contribution < -0.4 is 5.32 Å². The van der Waals surface area contributed by atoms with Gasteiger partial charge in [0.1, 0.15) is 0 Å². The van der Waals surface area contributed by atoms with E-state index in [1.807, 2.05) is 0 Å². The van der Waals surface area contributed by atoms with Crippen LogP contribution in [0.1, 0.15) is 49.2 Å². The summed E-state index contributed by atoms with van der Waals surface area (Å²) in [6.07, 6.45) is 9.64. The molecule has 0 aliphatic heterocycles. The number of aromatic nitrogens is 1. The van der Waals surface area contributed by atoms with Crippen molar-refractivity contribution >= 4 is 11.3 Å². The van der Waals surface area contributed by atoms with Crippen LogP contribution in [-0.4, -0.2) is 18.1 Å². The third-order valence-corrected chi connectivity index (χ3v) is 4.75. The molecule has 1 aliphatic carbocycles. The smallest absolute Gasteiger partial charge is 0.0897 e. The van der Waals surface area contributed by atoms with Crippen molar-refractivity contribution in [2.24, 2.45) is 5.92 Å².